The van der Waals surface area contributed by atoms with Crippen molar-refractivity contribution in [2.45, 2.75) is 12.5 Å². The zero-order valence-electron chi connectivity index (χ0n) is 11.5. The normalized spacial score (nSPS) is 19.1. The van der Waals surface area contributed by atoms with Gasteiger partial charge in [-0.05, 0) is 38.7 Å². The van der Waals surface area contributed by atoms with Crippen LogP contribution in [-0.4, -0.2) is 54.2 Å². The molecule has 2 aromatic rings. The lowest BCUT2D eigenvalue weighted by molar-refractivity contribution is 0.0702. The molecule has 1 saturated heterocycles. The van der Waals surface area contributed by atoms with Crippen molar-refractivity contribution < 1.29 is 9.90 Å². The van der Waals surface area contributed by atoms with Gasteiger partial charge in [0.2, 0.25) is 0 Å². The number of likely N-dealkylation sites (N-methyl/N-ethyl adjacent to an activating group) is 1. The number of aromatic nitrogens is 1. The van der Waals surface area contributed by atoms with E-state index in [1.54, 1.807) is 6.07 Å². The summed E-state index contributed by atoms with van der Waals surface area (Å²) in [6.07, 6.45) is 1.14. The third-order valence-electron chi connectivity index (χ3n) is 3.80. The molecule has 1 fully saturated rings. The maximum Gasteiger partial charge on any atom is 0.345 e. The van der Waals surface area contributed by atoms with Crippen LogP contribution >= 0.6 is 11.3 Å². The summed E-state index contributed by atoms with van der Waals surface area (Å²) in [6.45, 7) is 1.97. The Morgan fingerprint density at radius 3 is 2.95 bits per heavy atom. The summed E-state index contributed by atoms with van der Waals surface area (Å²) in [5, 5.41) is 9.93. The largest absolute Gasteiger partial charge is 0.477 e. The molecule has 0 bridgehead atoms. The Morgan fingerprint density at radius 1 is 1.50 bits per heavy atom. The topological polar surface area (TPSA) is 56.7 Å². The number of anilines is 1. The van der Waals surface area contributed by atoms with Gasteiger partial charge in [0.25, 0.3) is 0 Å². The van der Waals surface area contributed by atoms with Gasteiger partial charge in [-0.3, -0.25) is 0 Å². The van der Waals surface area contributed by atoms with E-state index in [4.69, 9.17) is 5.11 Å². The molecule has 6 heteroatoms. The SMILES string of the molecule is CN(C)C1CCN(c2ccc3cc(C(=O)O)sc3n2)C1. The van der Waals surface area contributed by atoms with E-state index in [1.165, 1.54) is 11.3 Å². The third kappa shape index (κ3) is 2.36. The molecule has 0 aromatic carbocycles. The molecule has 0 saturated carbocycles. The maximum absolute atomic E-state index is 11.0. The van der Waals surface area contributed by atoms with Crippen LogP contribution in [0.25, 0.3) is 10.2 Å². The lowest BCUT2D eigenvalue weighted by Crippen LogP contribution is -2.31. The number of aromatic carboxylic acids is 1. The summed E-state index contributed by atoms with van der Waals surface area (Å²) < 4.78 is 0. The Morgan fingerprint density at radius 2 is 2.30 bits per heavy atom. The Labute approximate surface area is 121 Å². The first kappa shape index (κ1) is 13.3. The molecular weight excluding hydrogens is 274 g/mol. The minimum absolute atomic E-state index is 0.345. The number of hydrogen-bond acceptors (Lipinski definition) is 5. The summed E-state index contributed by atoms with van der Waals surface area (Å²) in [5.41, 5.74) is 0. The van der Waals surface area contributed by atoms with Crippen molar-refractivity contribution in [3.05, 3.63) is 23.1 Å². The monoisotopic (exact) mass is 291 g/mol. The fourth-order valence-corrected chi connectivity index (χ4v) is 3.43. The van der Waals surface area contributed by atoms with Crippen molar-refractivity contribution in [1.29, 1.82) is 0 Å². The van der Waals surface area contributed by atoms with Crippen LogP contribution in [0.3, 0.4) is 0 Å². The molecule has 1 N–H and O–H groups in total. The van der Waals surface area contributed by atoms with E-state index in [9.17, 15) is 4.79 Å². The number of pyridine rings is 1. The molecule has 106 valence electrons. The van der Waals surface area contributed by atoms with E-state index in [-0.39, 0.29) is 0 Å². The fourth-order valence-electron chi connectivity index (χ4n) is 2.56. The summed E-state index contributed by atoms with van der Waals surface area (Å²) >= 11 is 1.24. The van der Waals surface area contributed by atoms with E-state index in [2.05, 4.69) is 28.9 Å². The highest BCUT2D eigenvalue weighted by Crippen LogP contribution is 2.28. The first-order valence-electron chi connectivity index (χ1n) is 6.60. The third-order valence-corrected chi connectivity index (χ3v) is 4.83. The van der Waals surface area contributed by atoms with E-state index in [0.29, 0.717) is 10.9 Å². The number of carboxylic acids is 1. The van der Waals surface area contributed by atoms with Crippen molar-refractivity contribution in [2.75, 3.05) is 32.1 Å². The lowest BCUT2D eigenvalue weighted by atomic mass is 10.2. The molecule has 0 amide bonds. The van der Waals surface area contributed by atoms with Gasteiger partial charge in [-0.2, -0.15) is 0 Å². The van der Waals surface area contributed by atoms with Crippen molar-refractivity contribution >= 4 is 33.3 Å². The number of hydrogen-bond donors (Lipinski definition) is 1. The van der Waals surface area contributed by atoms with Crippen molar-refractivity contribution in [3.8, 4) is 0 Å². The van der Waals surface area contributed by atoms with Gasteiger partial charge in [-0.1, -0.05) is 0 Å². The molecule has 3 rings (SSSR count). The van der Waals surface area contributed by atoms with Crippen LogP contribution in [0.5, 0.6) is 0 Å². The quantitative estimate of drug-likeness (QED) is 0.939. The summed E-state index contributed by atoms with van der Waals surface area (Å²) in [7, 11) is 4.20. The van der Waals surface area contributed by atoms with E-state index < -0.39 is 5.97 Å². The number of thiophene rings is 1. The zero-order valence-corrected chi connectivity index (χ0v) is 12.4. The maximum atomic E-state index is 11.0. The van der Waals surface area contributed by atoms with Crippen LogP contribution in [0.2, 0.25) is 0 Å². The Balaban J connectivity index is 1.88. The lowest BCUT2D eigenvalue weighted by Gasteiger charge is -2.21. The first-order valence-corrected chi connectivity index (χ1v) is 7.41. The highest BCUT2D eigenvalue weighted by atomic mass is 32.1. The van der Waals surface area contributed by atoms with Crippen LogP contribution in [0.4, 0.5) is 5.82 Å². The van der Waals surface area contributed by atoms with Gasteiger partial charge >= 0.3 is 5.97 Å². The van der Waals surface area contributed by atoms with E-state index >= 15 is 0 Å². The Bertz CT molecular complexity index is 653. The van der Waals surface area contributed by atoms with Crippen LogP contribution in [0.1, 0.15) is 16.1 Å². The number of nitrogens with zero attached hydrogens (tertiary/aromatic N) is 3. The van der Waals surface area contributed by atoms with E-state index in [0.717, 1.165) is 35.5 Å². The van der Waals surface area contributed by atoms with Crippen molar-refractivity contribution in [2.24, 2.45) is 0 Å². The van der Waals surface area contributed by atoms with Gasteiger partial charge in [0.15, 0.2) is 0 Å². The minimum Gasteiger partial charge on any atom is -0.477 e. The molecule has 1 atom stereocenters. The standard InChI is InChI=1S/C14H17N3O2S/c1-16(2)10-5-6-17(8-10)12-4-3-9-7-11(14(18)19)20-13(9)15-12/h3-4,7,10H,5-6,8H2,1-2H3,(H,18,19). The number of carbonyl (C=O) groups is 1. The van der Waals surface area contributed by atoms with Crippen LogP contribution < -0.4 is 4.90 Å². The average molecular weight is 291 g/mol. The smallest absolute Gasteiger partial charge is 0.345 e. The molecule has 20 heavy (non-hydrogen) atoms. The number of fused-ring (bicyclic) bond motifs is 1. The first-order chi connectivity index (χ1) is 9.54. The predicted octanol–water partition coefficient (Wildman–Crippen LogP) is 2.13. The molecule has 1 aliphatic heterocycles. The molecule has 0 radical (unpaired) electrons. The van der Waals surface area contributed by atoms with Gasteiger partial charge in [-0.25, -0.2) is 9.78 Å². The Kier molecular flexibility index (Phi) is 3.35. The predicted molar refractivity (Wildman–Crippen MR) is 80.9 cm³/mol. The highest BCUT2D eigenvalue weighted by molar-refractivity contribution is 7.20. The Hall–Kier alpha value is -1.66. The molecular formula is C14H17N3O2S. The molecule has 1 aliphatic rings. The van der Waals surface area contributed by atoms with Crippen molar-refractivity contribution in [1.82, 2.24) is 9.88 Å². The molecule has 2 aromatic heterocycles. The second kappa shape index (κ2) is 5.03. The van der Waals surface area contributed by atoms with E-state index in [1.807, 2.05) is 12.1 Å². The summed E-state index contributed by atoms with van der Waals surface area (Å²) in [4.78, 5) is 21.3. The second-order valence-corrected chi connectivity index (χ2v) is 6.36. The van der Waals surface area contributed by atoms with Gasteiger partial charge < -0.3 is 14.9 Å². The number of carboxylic acid groups (broad SMARTS) is 1. The summed E-state index contributed by atoms with van der Waals surface area (Å²) in [6, 6.07) is 6.19. The molecule has 0 aliphatic carbocycles. The average Bonchev–Trinajstić information content (AvgIpc) is 3.04. The van der Waals surface area contributed by atoms with Gasteiger partial charge in [-0.15, -0.1) is 11.3 Å². The van der Waals surface area contributed by atoms with Crippen molar-refractivity contribution in [3.63, 3.8) is 0 Å². The van der Waals surface area contributed by atoms with Gasteiger partial charge in [0, 0.05) is 24.5 Å². The number of rotatable bonds is 3. The fraction of sp³-hybridized carbons (Fsp3) is 0.429. The molecule has 3 heterocycles. The summed E-state index contributed by atoms with van der Waals surface area (Å²) in [5.74, 6) is 0.0593. The highest BCUT2D eigenvalue weighted by Gasteiger charge is 2.25. The zero-order chi connectivity index (χ0) is 14.3. The van der Waals surface area contributed by atoms with Crippen LogP contribution in [0.15, 0.2) is 18.2 Å². The second-order valence-electron chi connectivity index (χ2n) is 5.33. The van der Waals surface area contributed by atoms with Crippen LogP contribution in [0, 0.1) is 0 Å². The molecule has 5 nitrogen and oxygen atoms in total. The van der Waals surface area contributed by atoms with Gasteiger partial charge in [0.05, 0.1) is 0 Å². The van der Waals surface area contributed by atoms with Crippen LogP contribution in [-0.2, 0) is 0 Å². The van der Waals surface area contributed by atoms with Gasteiger partial charge in [0.1, 0.15) is 15.5 Å². The molecule has 0 spiro atoms. The molecule has 1 unspecified atom stereocenters. The minimum atomic E-state index is -0.886.